The van der Waals surface area contributed by atoms with Crippen LogP contribution in [0.25, 0.3) is 0 Å². The number of urea groups is 1. The second kappa shape index (κ2) is 6.59. The number of halogens is 1. The van der Waals surface area contributed by atoms with Crippen LogP contribution in [-0.4, -0.2) is 67.3 Å². The van der Waals surface area contributed by atoms with E-state index in [-0.39, 0.29) is 12.1 Å². The molecule has 0 aromatic carbocycles. The predicted octanol–water partition coefficient (Wildman–Crippen LogP) is 0.921. The van der Waals surface area contributed by atoms with Gasteiger partial charge in [-0.2, -0.15) is 0 Å². The van der Waals surface area contributed by atoms with E-state index in [1.54, 1.807) is 0 Å². The van der Waals surface area contributed by atoms with Crippen molar-refractivity contribution in [3.8, 4) is 0 Å². The maximum atomic E-state index is 12.1. The first kappa shape index (κ1) is 18.2. The van der Waals surface area contributed by atoms with Gasteiger partial charge in [-0.3, -0.25) is 0 Å². The third-order valence-corrected chi connectivity index (χ3v) is 4.35. The molecular formula is C15H25ClN2O6. The van der Waals surface area contributed by atoms with Gasteiger partial charge in [-0.05, 0) is 27.7 Å². The van der Waals surface area contributed by atoms with Crippen molar-refractivity contribution >= 4 is 17.6 Å². The number of hydrogen-bond donors (Lipinski definition) is 2. The average Bonchev–Trinajstić information content (AvgIpc) is 3.08. The molecule has 3 heterocycles. The van der Waals surface area contributed by atoms with Crippen LogP contribution in [0.5, 0.6) is 0 Å². The number of fused-ring (bicyclic) bond motifs is 1. The van der Waals surface area contributed by atoms with Gasteiger partial charge >= 0.3 is 6.03 Å². The highest BCUT2D eigenvalue weighted by Crippen LogP contribution is 2.40. The van der Waals surface area contributed by atoms with Gasteiger partial charge in [-0.1, -0.05) is 0 Å². The molecule has 3 aliphatic heterocycles. The first-order valence-corrected chi connectivity index (χ1v) is 8.67. The van der Waals surface area contributed by atoms with E-state index in [0.717, 1.165) is 0 Å². The molecule has 0 aromatic heterocycles. The van der Waals surface area contributed by atoms with Crippen molar-refractivity contribution in [2.45, 2.75) is 69.9 Å². The number of amides is 2. The fraction of sp³-hybridized carbons (Fsp3) is 0.933. The van der Waals surface area contributed by atoms with Gasteiger partial charge in [0.15, 0.2) is 17.9 Å². The summed E-state index contributed by atoms with van der Waals surface area (Å²) in [6.07, 6.45) is -1.73. The van der Waals surface area contributed by atoms with E-state index in [4.69, 9.17) is 35.3 Å². The number of rotatable bonds is 4. The third-order valence-electron chi connectivity index (χ3n) is 4.16. The zero-order chi connectivity index (χ0) is 17.5. The number of carbonyl (C=O) groups excluding carboxylic acids is 1. The minimum atomic E-state index is -0.765. The number of nitrogens with one attached hydrogen (secondary N) is 2. The summed E-state index contributed by atoms with van der Waals surface area (Å²) in [4.78, 5) is 12.1. The molecule has 24 heavy (non-hydrogen) atoms. The minimum Gasteiger partial charge on any atom is -0.348 e. The van der Waals surface area contributed by atoms with Gasteiger partial charge in [-0.15, -0.1) is 11.6 Å². The Morgan fingerprint density at radius 1 is 1.12 bits per heavy atom. The molecule has 0 saturated carbocycles. The highest BCUT2D eigenvalue weighted by atomic mass is 35.5. The van der Waals surface area contributed by atoms with E-state index in [9.17, 15) is 4.79 Å². The molecule has 0 aromatic rings. The summed E-state index contributed by atoms with van der Waals surface area (Å²) in [5.41, 5.74) is 0. The standard InChI is InChI=1S/C15H25ClN2O6/c1-14(2)20-7-8(22-14)10-9(18-13(19)17-6-5-16)11-12(21-10)24-15(3,4)23-11/h8-12H,5-7H2,1-4H3,(H2,17,18,19)/t8-,9-,10-,11-,12-/m1/s1. The highest BCUT2D eigenvalue weighted by Gasteiger charge is 2.58. The number of carbonyl (C=O) groups is 1. The summed E-state index contributed by atoms with van der Waals surface area (Å²) in [5.74, 6) is -1.11. The lowest BCUT2D eigenvalue weighted by molar-refractivity contribution is -0.223. The summed E-state index contributed by atoms with van der Waals surface area (Å²) >= 11 is 5.60. The van der Waals surface area contributed by atoms with Gasteiger partial charge in [0.25, 0.3) is 0 Å². The number of ether oxygens (including phenoxy) is 5. The lowest BCUT2D eigenvalue weighted by Gasteiger charge is -2.29. The van der Waals surface area contributed by atoms with Gasteiger partial charge in [0.2, 0.25) is 0 Å². The van der Waals surface area contributed by atoms with Crippen LogP contribution in [0.4, 0.5) is 4.79 Å². The highest BCUT2D eigenvalue weighted by molar-refractivity contribution is 6.18. The number of alkyl halides is 1. The Bertz CT molecular complexity index is 489. The van der Waals surface area contributed by atoms with Crippen molar-refractivity contribution in [1.82, 2.24) is 10.6 Å². The Kier molecular flexibility index (Phi) is 4.98. The van der Waals surface area contributed by atoms with Gasteiger partial charge in [-0.25, -0.2) is 4.79 Å². The van der Waals surface area contributed by atoms with E-state index in [0.29, 0.717) is 19.0 Å². The summed E-state index contributed by atoms with van der Waals surface area (Å²) in [6, 6.07) is -0.754. The average molecular weight is 365 g/mol. The lowest BCUT2D eigenvalue weighted by atomic mass is 10.0. The quantitative estimate of drug-likeness (QED) is 0.721. The van der Waals surface area contributed by atoms with Crippen LogP contribution < -0.4 is 10.6 Å². The molecule has 2 amide bonds. The normalized spacial score (nSPS) is 39.6. The van der Waals surface area contributed by atoms with Crippen LogP contribution in [0, 0.1) is 0 Å². The second-order valence-electron chi connectivity index (χ2n) is 7.05. The summed E-state index contributed by atoms with van der Waals surface area (Å²) in [6.45, 7) is 8.06. The van der Waals surface area contributed by atoms with Crippen LogP contribution >= 0.6 is 11.6 Å². The molecule has 3 rings (SSSR count). The van der Waals surface area contributed by atoms with Crippen LogP contribution in [0.2, 0.25) is 0 Å². The molecule has 2 N–H and O–H groups in total. The molecule has 0 bridgehead atoms. The van der Waals surface area contributed by atoms with Crippen molar-refractivity contribution in [3.05, 3.63) is 0 Å². The maximum absolute atomic E-state index is 12.1. The summed E-state index contributed by atoms with van der Waals surface area (Å²) in [7, 11) is 0. The fourth-order valence-corrected chi connectivity index (χ4v) is 3.35. The van der Waals surface area contributed by atoms with Gasteiger partial charge < -0.3 is 34.3 Å². The Balaban J connectivity index is 1.72. The third kappa shape index (κ3) is 3.79. The van der Waals surface area contributed by atoms with Crippen LogP contribution in [0.15, 0.2) is 0 Å². The largest absolute Gasteiger partial charge is 0.348 e. The van der Waals surface area contributed by atoms with Crippen molar-refractivity contribution in [2.24, 2.45) is 0 Å². The molecule has 0 unspecified atom stereocenters. The van der Waals surface area contributed by atoms with Gasteiger partial charge in [0.1, 0.15) is 18.3 Å². The van der Waals surface area contributed by atoms with Gasteiger partial charge in [0.05, 0.1) is 12.6 Å². The molecule has 9 heteroatoms. The summed E-state index contributed by atoms with van der Waals surface area (Å²) < 4.78 is 29.2. The van der Waals surface area contributed by atoms with Gasteiger partial charge in [0, 0.05) is 12.4 Å². The van der Waals surface area contributed by atoms with E-state index in [1.165, 1.54) is 0 Å². The van der Waals surface area contributed by atoms with Crippen molar-refractivity contribution in [2.75, 3.05) is 19.0 Å². The Hall–Kier alpha value is -0.640. The topological polar surface area (TPSA) is 87.3 Å². The molecule has 8 nitrogen and oxygen atoms in total. The van der Waals surface area contributed by atoms with Crippen molar-refractivity contribution < 1.29 is 28.5 Å². The Labute approximate surface area is 146 Å². The van der Waals surface area contributed by atoms with E-state index < -0.39 is 36.1 Å². The smallest absolute Gasteiger partial charge is 0.315 e. The van der Waals surface area contributed by atoms with Crippen molar-refractivity contribution in [1.29, 1.82) is 0 Å². The van der Waals surface area contributed by atoms with Crippen molar-refractivity contribution in [3.63, 3.8) is 0 Å². The van der Waals surface area contributed by atoms with Crippen LogP contribution in [0.3, 0.4) is 0 Å². The minimum absolute atomic E-state index is 0.320. The number of hydrogen-bond acceptors (Lipinski definition) is 6. The molecule has 138 valence electrons. The predicted molar refractivity (Wildman–Crippen MR) is 84.6 cm³/mol. The molecule has 3 aliphatic rings. The molecule has 5 atom stereocenters. The molecule has 3 fully saturated rings. The SMILES string of the molecule is CC1(C)O[C@H]2O[C@H]([C@H]3COC(C)(C)O3)[C@@H](NC(=O)NCCCl)[C@H]2O1. The van der Waals surface area contributed by atoms with E-state index >= 15 is 0 Å². The first-order chi connectivity index (χ1) is 11.2. The molecule has 0 radical (unpaired) electrons. The molecule has 0 spiro atoms. The van der Waals surface area contributed by atoms with Crippen LogP contribution in [0.1, 0.15) is 27.7 Å². The molecular weight excluding hydrogens is 340 g/mol. The Morgan fingerprint density at radius 3 is 2.50 bits per heavy atom. The molecule has 0 aliphatic carbocycles. The monoisotopic (exact) mass is 364 g/mol. The molecule has 3 saturated heterocycles. The van der Waals surface area contributed by atoms with E-state index in [2.05, 4.69) is 10.6 Å². The van der Waals surface area contributed by atoms with E-state index in [1.807, 2.05) is 27.7 Å². The van der Waals surface area contributed by atoms with Crippen LogP contribution in [-0.2, 0) is 23.7 Å². The first-order valence-electron chi connectivity index (χ1n) is 8.14. The summed E-state index contributed by atoms with van der Waals surface area (Å²) in [5, 5.41) is 5.58. The maximum Gasteiger partial charge on any atom is 0.315 e. The second-order valence-corrected chi connectivity index (χ2v) is 7.43. The fourth-order valence-electron chi connectivity index (χ4n) is 3.26. The Morgan fingerprint density at radius 2 is 1.88 bits per heavy atom. The lowest BCUT2D eigenvalue weighted by Crippen LogP contribution is -2.55. The zero-order valence-electron chi connectivity index (χ0n) is 14.3. The zero-order valence-corrected chi connectivity index (χ0v) is 15.1.